The molecule has 0 fully saturated rings. The Balaban J connectivity index is 1.91. The second-order valence-corrected chi connectivity index (χ2v) is 10.5. The van der Waals surface area contributed by atoms with E-state index in [4.69, 9.17) is 16.3 Å². The molecule has 1 amide bonds. The van der Waals surface area contributed by atoms with Crippen LogP contribution in [-0.4, -0.2) is 32.3 Å². The number of halogens is 4. The van der Waals surface area contributed by atoms with Crippen molar-refractivity contribution >= 4 is 33.2 Å². The third-order valence-electron chi connectivity index (χ3n) is 5.28. The van der Waals surface area contributed by atoms with E-state index in [1.54, 1.807) is 19.1 Å². The van der Waals surface area contributed by atoms with Gasteiger partial charge in [-0.1, -0.05) is 29.3 Å². The lowest BCUT2D eigenvalue weighted by Crippen LogP contribution is -2.27. The molecule has 3 rings (SSSR count). The first-order valence-corrected chi connectivity index (χ1v) is 12.6. The second kappa shape index (κ2) is 10.9. The average Bonchev–Trinajstić information content (AvgIpc) is 2.81. The zero-order chi connectivity index (χ0) is 26.7. The maximum Gasteiger partial charge on any atom is 0.418 e. The van der Waals surface area contributed by atoms with Gasteiger partial charge in [0.1, 0.15) is 5.75 Å². The maximum atomic E-state index is 13.4. The number of nitrogens with one attached hydrogen (secondary N) is 1. The van der Waals surface area contributed by atoms with Crippen molar-refractivity contribution in [1.29, 1.82) is 0 Å². The highest BCUT2D eigenvalue weighted by molar-refractivity contribution is 7.89. The number of anilines is 1. The summed E-state index contributed by atoms with van der Waals surface area (Å²) in [5.74, 6) is -0.460. The van der Waals surface area contributed by atoms with E-state index in [1.807, 2.05) is 6.92 Å². The van der Waals surface area contributed by atoms with E-state index in [1.165, 1.54) is 43.4 Å². The standard InChI is InChI=1S/C25H24ClF3N2O4S/c1-4-35-23-12-7-17(24(32)30-22-11-8-19(26)14-21(22)25(27,28)29)13-18(23)15-31(3)36(33,34)20-9-5-16(2)6-10-20/h5-14H,4,15H2,1-3H3,(H,30,32). The smallest absolute Gasteiger partial charge is 0.418 e. The molecule has 0 saturated heterocycles. The molecular weight excluding hydrogens is 517 g/mol. The minimum atomic E-state index is -4.73. The van der Waals surface area contributed by atoms with Crippen LogP contribution in [0.5, 0.6) is 5.75 Å². The van der Waals surface area contributed by atoms with Crippen LogP contribution < -0.4 is 10.1 Å². The third kappa shape index (κ3) is 6.37. The van der Waals surface area contributed by atoms with Crippen LogP contribution in [0.3, 0.4) is 0 Å². The van der Waals surface area contributed by atoms with Gasteiger partial charge in [-0.15, -0.1) is 0 Å². The van der Waals surface area contributed by atoms with Crippen LogP contribution in [0.25, 0.3) is 0 Å². The Morgan fingerprint density at radius 1 is 1.06 bits per heavy atom. The Morgan fingerprint density at radius 2 is 1.72 bits per heavy atom. The number of nitrogens with zero attached hydrogens (tertiary/aromatic N) is 1. The highest BCUT2D eigenvalue weighted by atomic mass is 35.5. The van der Waals surface area contributed by atoms with Gasteiger partial charge in [0.2, 0.25) is 10.0 Å². The highest BCUT2D eigenvalue weighted by Gasteiger charge is 2.34. The predicted octanol–water partition coefficient (Wildman–Crippen LogP) is 6.14. The quantitative estimate of drug-likeness (QED) is 0.372. The highest BCUT2D eigenvalue weighted by Crippen LogP contribution is 2.37. The van der Waals surface area contributed by atoms with E-state index in [0.717, 1.165) is 22.0 Å². The molecule has 0 aliphatic rings. The Bertz CT molecular complexity index is 1360. The molecule has 3 aromatic carbocycles. The number of hydrogen-bond acceptors (Lipinski definition) is 4. The molecular formula is C25H24ClF3N2O4S. The number of alkyl halides is 3. The Hall–Kier alpha value is -3.08. The number of aryl methyl sites for hydroxylation is 1. The molecule has 0 unspecified atom stereocenters. The van der Waals surface area contributed by atoms with Crippen LogP contribution in [0.2, 0.25) is 5.02 Å². The fourth-order valence-corrected chi connectivity index (χ4v) is 4.73. The number of benzene rings is 3. The molecule has 0 aliphatic carbocycles. The molecule has 1 N–H and O–H groups in total. The van der Waals surface area contributed by atoms with E-state index in [9.17, 15) is 26.4 Å². The van der Waals surface area contributed by atoms with Crippen molar-refractivity contribution in [2.75, 3.05) is 19.0 Å². The molecule has 192 valence electrons. The van der Waals surface area contributed by atoms with Gasteiger partial charge in [-0.05, 0) is 62.4 Å². The van der Waals surface area contributed by atoms with Gasteiger partial charge < -0.3 is 10.1 Å². The minimum Gasteiger partial charge on any atom is -0.494 e. The van der Waals surface area contributed by atoms with Crippen LogP contribution in [0.15, 0.2) is 65.6 Å². The topological polar surface area (TPSA) is 75.7 Å². The largest absolute Gasteiger partial charge is 0.494 e. The lowest BCUT2D eigenvalue weighted by molar-refractivity contribution is -0.136. The fraction of sp³-hybridized carbons (Fsp3) is 0.240. The molecule has 0 atom stereocenters. The molecule has 36 heavy (non-hydrogen) atoms. The number of ether oxygens (including phenoxy) is 1. The van der Waals surface area contributed by atoms with Crippen molar-refractivity contribution in [1.82, 2.24) is 4.31 Å². The predicted molar refractivity (Wildman–Crippen MR) is 132 cm³/mol. The molecule has 0 aliphatic heterocycles. The molecule has 0 heterocycles. The van der Waals surface area contributed by atoms with Crippen molar-refractivity contribution in [3.8, 4) is 5.75 Å². The molecule has 0 saturated carbocycles. The number of carbonyl (C=O) groups excluding carboxylic acids is 1. The van der Waals surface area contributed by atoms with Crippen LogP contribution in [0.4, 0.5) is 18.9 Å². The first-order valence-electron chi connectivity index (χ1n) is 10.8. The molecule has 6 nitrogen and oxygen atoms in total. The normalized spacial score (nSPS) is 12.0. The van der Waals surface area contributed by atoms with Crippen molar-refractivity contribution < 1.29 is 31.1 Å². The SMILES string of the molecule is CCOc1ccc(C(=O)Nc2ccc(Cl)cc2C(F)(F)F)cc1CN(C)S(=O)(=O)c1ccc(C)cc1. The third-order valence-corrected chi connectivity index (χ3v) is 7.33. The molecule has 0 spiro atoms. The van der Waals surface area contributed by atoms with Crippen molar-refractivity contribution in [2.45, 2.75) is 31.5 Å². The lowest BCUT2D eigenvalue weighted by Gasteiger charge is -2.20. The monoisotopic (exact) mass is 540 g/mol. The summed E-state index contributed by atoms with van der Waals surface area (Å²) >= 11 is 5.70. The molecule has 0 bridgehead atoms. The average molecular weight is 541 g/mol. The zero-order valence-corrected chi connectivity index (χ0v) is 21.3. The number of hydrogen-bond donors (Lipinski definition) is 1. The summed E-state index contributed by atoms with van der Waals surface area (Å²) in [7, 11) is -2.46. The van der Waals surface area contributed by atoms with E-state index in [2.05, 4.69) is 5.32 Å². The molecule has 11 heteroatoms. The Morgan fingerprint density at radius 3 is 2.33 bits per heavy atom. The zero-order valence-electron chi connectivity index (χ0n) is 19.7. The van der Waals surface area contributed by atoms with E-state index < -0.39 is 33.4 Å². The van der Waals surface area contributed by atoms with Crippen molar-refractivity contribution in [2.24, 2.45) is 0 Å². The summed E-state index contributed by atoms with van der Waals surface area (Å²) < 4.78 is 73.0. The molecule has 0 radical (unpaired) electrons. The van der Waals surface area contributed by atoms with Gasteiger partial charge in [0.25, 0.3) is 5.91 Å². The van der Waals surface area contributed by atoms with Gasteiger partial charge in [-0.25, -0.2) is 8.42 Å². The Kier molecular flexibility index (Phi) is 8.33. The number of carbonyl (C=O) groups is 1. The van der Waals surface area contributed by atoms with Gasteiger partial charge >= 0.3 is 6.18 Å². The van der Waals surface area contributed by atoms with E-state index in [-0.39, 0.29) is 28.6 Å². The first kappa shape index (κ1) is 27.5. The lowest BCUT2D eigenvalue weighted by atomic mass is 10.1. The second-order valence-electron chi connectivity index (χ2n) is 7.97. The van der Waals surface area contributed by atoms with E-state index in [0.29, 0.717) is 11.3 Å². The van der Waals surface area contributed by atoms with Crippen molar-refractivity contribution in [3.05, 3.63) is 87.9 Å². The summed E-state index contributed by atoms with van der Waals surface area (Å²) in [5.41, 5.74) is -0.236. The summed E-state index contributed by atoms with van der Waals surface area (Å²) in [6.07, 6.45) is -4.73. The minimum absolute atomic E-state index is 0.0256. The van der Waals surface area contributed by atoms with E-state index >= 15 is 0 Å². The van der Waals surface area contributed by atoms with Crippen LogP contribution in [0.1, 0.15) is 34.0 Å². The Labute approximate surface area is 212 Å². The maximum absolute atomic E-state index is 13.4. The number of amides is 1. The van der Waals surface area contributed by atoms with Gasteiger partial charge in [0.15, 0.2) is 0 Å². The van der Waals surface area contributed by atoms with Crippen LogP contribution in [0, 0.1) is 6.92 Å². The summed E-state index contributed by atoms with van der Waals surface area (Å²) in [4.78, 5) is 13.0. The summed E-state index contributed by atoms with van der Waals surface area (Å²) in [5, 5.41) is 2.14. The summed E-state index contributed by atoms with van der Waals surface area (Å²) in [6, 6.07) is 13.7. The fourth-order valence-electron chi connectivity index (χ4n) is 3.41. The number of rotatable bonds is 8. The van der Waals surface area contributed by atoms with Gasteiger partial charge in [0, 0.05) is 29.7 Å². The first-order chi connectivity index (χ1) is 16.8. The summed E-state index contributed by atoms with van der Waals surface area (Å²) in [6.45, 7) is 3.73. The molecule has 0 aromatic heterocycles. The van der Waals surface area contributed by atoms with Crippen LogP contribution in [-0.2, 0) is 22.7 Å². The van der Waals surface area contributed by atoms with Crippen LogP contribution >= 0.6 is 11.6 Å². The van der Waals surface area contributed by atoms with Crippen molar-refractivity contribution in [3.63, 3.8) is 0 Å². The van der Waals surface area contributed by atoms with Gasteiger partial charge in [-0.2, -0.15) is 17.5 Å². The number of sulfonamides is 1. The van der Waals surface area contributed by atoms with Gasteiger partial charge in [0.05, 0.1) is 22.8 Å². The van der Waals surface area contributed by atoms with Gasteiger partial charge in [-0.3, -0.25) is 4.79 Å². The molecule has 3 aromatic rings.